The van der Waals surface area contributed by atoms with Crippen molar-refractivity contribution in [1.29, 1.82) is 0 Å². The number of hydrogen-bond donors (Lipinski definition) is 0. The topological polar surface area (TPSA) is 21.6 Å². The Kier molecular flexibility index (Phi) is 2.15. The van der Waals surface area contributed by atoms with E-state index in [1.54, 1.807) is 0 Å². The van der Waals surface area contributed by atoms with Crippen LogP contribution in [0.4, 0.5) is 0 Å². The first kappa shape index (κ1) is 8.45. The average molecular weight is 175 g/mol. The van der Waals surface area contributed by atoms with E-state index in [4.69, 9.17) is 4.74 Å². The van der Waals surface area contributed by atoms with Crippen molar-refractivity contribution >= 4 is 6.21 Å². The van der Waals surface area contributed by atoms with Crippen molar-refractivity contribution in [3.05, 3.63) is 35.4 Å². The number of aryl methyl sites for hydroxylation is 1. The molecule has 1 heterocycles. The lowest BCUT2D eigenvalue weighted by molar-refractivity contribution is 0.0602. The van der Waals surface area contributed by atoms with Crippen LogP contribution in [0.25, 0.3) is 0 Å². The number of nitrogens with zero attached hydrogens (tertiary/aromatic N) is 1. The van der Waals surface area contributed by atoms with Crippen molar-refractivity contribution in [2.45, 2.75) is 26.2 Å². The highest BCUT2D eigenvalue weighted by molar-refractivity contribution is 5.64. The summed E-state index contributed by atoms with van der Waals surface area (Å²) < 4.78 is 5.61. The van der Waals surface area contributed by atoms with E-state index in [1.807, 2.05) is 25.3 Å². The molecule has 0 N–H and O–H groups in total. The SMILES string of the molecule is Cc1ccccc1C1N=CC(C)O1. The van der Waals surface area contributed by atoms with E-state index < -0.39 is 0 Å². The first-order chi connectivity index (χ1) is 6.27. The lowest BCUT2D eigenvalue weighted by Gasteiger charge is -2.11. The minimum atomic E-state index is -0.0869. The van der Waals surface area contributed by atoms with Crippen LogP contribution >= 0.6 is 0 Å². The summed E-state index contributed by atoms with van der Waals surface area (Å²) in [6.45, 7) is 4.08. The summed E-state index contributed by atoms with van der Waals surface area (Å²) in [6, 6.07) is 8.19. The molecular formula is C11H13NO. The van der Waals surface area contributed by atoms with Gasteiger partial charge in [-0.05, 0) is 19.4 Å². The quantitative estimate of drug-likeness (QED) is 0.642. The van der Waals surface area contributed by atoms with Gasteiger partial charge in [0.1, 0.15) is 0 Å². The van der Waals surface area contributed by atoms with Crippen LogP contribution in [-0.4, -0.2) is 12.3 Å². The van der Waals surface area contributed by atoms with Crippen LogP contribution in [-0.2, 0) is 4.74 Å². The minimum Gasteiger partial charge on any atom is -0.344 e. The maximum absolute atomic E-state index is 5.61. The highest BCUT2D eigenvalue weighted by Crippen LogP contribution is 2.26. The third-order valence-corrected chi connectivity index (χ3v) is 2.23. The summed E-state index contributed by atoms with van der Waals surface area (Å²) in [5.41, 5.74) is 2.40. The molecule has 0 spiro atoms. The van der Waals surface area contributed by atoms with E-state index in [0.29, 0.717) is 0 Å². The summed E-state index contributed by atoms with van der Waals surface area (Å²) >= 11 is 0. The molecule has 1 aromatic rings. The molecular weight excluding hydrogens is 162 g/mol. The second kappa shape index (κ2) is 3.30. The molecule has 2 rings (SSSR count). The molecule has 0 bridgehead atoms. The van der Waals surface area contributed by atoms with Crippen LogP contribution in [0.1, 0.15) is 24.3 Å². The summed E-state index contributed by atoms with van der Waals surface area (Å²) in [5.74, 6) is 0. The zero-order valence-electron chi connectivity index (χ0n) is 7.90. The lowest BCUT2D eigenvalue weighted by atomic mass is 10.1. The highest BCUT2D eigenvalue weighted by Gasteiger charge is 2.19. The molecule has 1 aromatic carbocycles. The van der Waals surface area contributed by atoms with Crippen molar-refractivity contribution < 1.29 is 4.74 Å². The Hall–Kier alpha value is -1.15. The molecule has 0 saturated carbocycles. The van der Waals surface area contributed by atoms with Crippen LogP contribution in [0.15, 0.2) is 29.3 Å². The standard InChI is InChI=1S/C11H13NO/c1-8-5-3-4-6-10(8)11-12-7-9(2)13-11/h3-7,9,11H,1-2H3. The smallest absolute Gasteiger partial charge is 0.174 e. The Morgan fingerprint density at radius 2 is 2.08 bits per heavy atom. The molecule has 0 aromatic heterocycles. The Labute approximate surface area is 78.3 Å². The third-order valence-electron chi connectivity index (χ3n) is 2.23. The van der Waals surface area contributed by atoms with Crippen molar-refractivity contribution in [1.82, 2.24) is 0 Å². The Balaban J connectivity index is 2.27. The van der Waals surface area contributed by atoms with E-state index in [0.717, 1.165) is 0 Å². The predicted molar refractivity (Wildman–Crippen MR) is 53.0 cm³/mol. The zero-order chi connectivity index (χ0) is 9.26. The van der Waals surface area contributed by atoms with Gasteiger partial charge in [0, 0.05) is 11.8 Å². The Morgan fingerprint density at radius 1 is 1.31 bits per heavy atom. The van der Waals surface area contributed by atoms with Gasteiger partial charge in [0.2, 0.25) is 0 Å². The number of hydrogen-bond acceptors (Lipinski definition) is 2. The van der Waals surface area contributed by atoms with Gasteiger partial charge in [0.05, 0.1) is 6.10 Å². The molecule has 1 aliphatic rings. The molecule has 68 valence electrons. The van der Waals surface area contributed by atoms with Gasteiger partial charge in [-0.15, -0.1) is 0 Å². The molecule has 0 aliphatic carbocycles. The van der Waals surface area contributed by atoms with Gasteiger partial charge in [0.15, 0.2) is 6.23 Å². The third kappa shape index (κ3) is 1.63. The van der Waals surface area contributed by atoms with E-state index in [1.165, 1.54) is 11.1 Å². The second-order valence-electron chi connectivity index (χ2n) is 3.35. The van der Waals surface area contributed by atoms with E-state index in [2.05, 4.69) is 24.0 Å². The van der Waals surface area contributed by atoms with Gasteiger partial charge in [-0.3, -0.25) is 4.99 Å². The minimum absolute atomic E-state index is 0.0869. The normalized spacial score (nSPS) is 26.6. The van der Waals surface area contributed by atoms with Gasteiger partial charge < -0.3 is 4.74 Å². The molecule has 0 fully saturated rings. The van der Waals surface area contributed by atoms with E-state index in [-0.39, 0.29) is 12.3 Å². The van der Waals surface area contributed by atoms with Gasteiger partial charge in [-0.2, -0.15) is 0 Å². The monoisotopic (exact) mass is 175 g/mol. The van der Waals surface area contributed by atoms with E-state index in [9.17, 15) is 0 Å². The number of aliphatic imine (C=N–C) groups is 1. The van der Waals surface area contributed by atoms with Crippen molar-refractivity contribution in [2.75, 3.05) is 0 Å². The molecule has 0 saturated heterocycles. The molecule has 2 nitrogen and oxygen atoms in total. The summed E-state index contributed by atoms with van der Waals surface area (Å²) in [4.78, 5) is 4.30. The summed E-state index contributed by atoms with van der Waals surface area (Å²) in [6.07, 6.45) is 1.91. The average Bonchev–Trinajstić information content (AvgIpc) is 2.53. The fourth-order valence-electron chi connectivity index (χ4n) is 1.49. The summed E-state index contributed by atoms with van der Waals surface area (Å²) in [7, 11) is 0. The maximum atomic E-state index is 5.61. The predicted octanol–water partition coefficient (Wildman–Crippen LogP) is 2.48. The maximum Gasteiger partial charge on any atom is 0.174 e. The summed E-state index contributed by atoms with van der Waals surface area (Å²) in [5, 5.41) is 0. The molecule has 2 unspecified atom stereocenters. The Morgan fingerprint density at radius 3 is 2.69 bits per heavy atom. The van der Waals surface area contributed by atoms with Crippen molar-refractivity contribution in [3.63, 3.8) is 0 Å². The number of rotatable bonds is 1. The van der Waals surface area contributed by atoms with Gasteiger partial charge in [0.25, 0.3) is 0 Å². The van der Waals surface area contributed by atoms with Gasteiger partial charge in [-0.25, -0.2) is 0 Å². The first-order valence-corrected chi connectivity index (χ1v) is 4.51. The molecule has 2 heteroatoms. The van der Waals surface area contributed by atoms with Crippen LogP contribution in [0.2, 0.25) is 0 Å². The van der Waals surface area contributed by atoms with Crippen LogP contribution < -0.4 is 0 Å². The first-order valence-electron chi connectivity index (χ1n) is 4.51. The molecule has 1 aliphatic heterocycles. The van der Waals surface area contributed by atoms with Gasteiger partial charge in [-0.1, -0.05) is 24.3 Å². The van der Waals surface area contributed by atoms with Crippen LogP contribution in [0.5, 0.6) is 0 Å². The number of benzene rings is 1. The fraction of sp³-hybridized carbons (Fsp3) is 0.364. The largest absolute Gasteiger partial charge is 0.344 e. The van der Waals surface area contributed by atoms with Crippen LogP contribution in [0.3, 0.4) is 0 Å². The molecule has 0 radical (unpaired) electrons. The second-order valence-corrected chi connectivity index (χ2v) is 3.35. The molecule has 0 amide bonds. The van der Waals surface area contributed by atoms with Crippen molar-refractivity contribution in [3.8, 4) is 0 Å². The lowest BCUT2D eigenvalue weighted by Crippen LogP contribution is -2.05. The van der Waals surface area contributed by atoms with Gasteiger partial charge >= 0.3 is 0 Å². The fourth-order valence-corrected chi connectivity index (χ4v) is 1.49. The molecule has 2 atom stereocenters. The zero-order valence-corrected chi connectivity index (χ0v) is 7.90. The Bertz CT molecular complexity index is 333. The molecule has 13 heavy (non-hydrogen) atoms. The highest BCUT2D eigenvalue weighted by atomic mass is 16.5. The number of ether oxygens (including phenoxy) is 1. The van der Waals surface area contributed by atoms with E-state index >= 15 is 0 Å². The van der Waals surface area contributed by atoms with Crippen molar-refractivity contribution in [2.24, 2.45) is 4.99 Å². The van der Waals surface area contributed by atoms with Crippen LogP contribution in [0, 0.1) is 6.92 Å².